The van der Waals surface area contributed by atoms with Gasteiger partial charge in [0.15, 0.2) is 5.76 Å². The van der Waals surface area contributed by atoms with Gasteiger partial charge >= 0.3 is 0 Å². The number of hydrogen-bond donors (Lipinski definition) is 1. The zero-order chi connectivity index (χ0) is 19.6. The van der Waals surface area contributed by atoms with Gasteiger partial charge < -0.3 is 4.42 Å². The Kier molecular flexibility index (Phi) is 4.90. The molecule has 7 heteroatoms. The van der Waals surface area contributed by atoms with Crippen molar-refractivity contribution in [3.8, 4) is 22.8 Å². The Morgan fingerprint density at radius 2 is 1.61 bits per heavy atom. The average molecular weight is 411 g/mol. The molecule has 0 aliphatic rings. The molecule has 0 amide bonds. The SMILES string of the molecule is O=S(=O)(Nc1cccc(Cl)c1)c1ccc(-c2ncc(-c3ccccc3)o2)cc1. The van der Waals surface area contributed by atoms with Gasteiger partial charge in [-0.15, -0.1) is 0 Å². The monoisotopic (exact) mass is 410 g/mol. The molecule has 28 heavy (non-hydrogen) atoms. The number of aromatic nitrogens is 1. The molecule has 140 valence electrons. The summed E-state index contributed by atoms with van der Waals surface area (Å²) in [5, 5.41) is 0.452. The molecule has 0 bridgehead atoms. The minimum atomic E-state index is -3.73. The molecular formula is C21H15ClN2O3S. The van der Waals surface area contributed by atoms with E-state index in [0.29, 0.717) is 27.9 Å². The number of oxazole rings is 1. The van der Waals surface area contributed by atoms with Gasteiger partial charge in [0.2, 0.25) is 5.89 Å². The normalized spacial score (nSPS) is 11.3. The van der Waals surface area contributed by atoms with Crippen LogP contribution >= 0.6 is 11.6 Å². The van der Waals surface area contributed by atoms with Gasteiger partial charge in [-0.05, 0) is 42.5 Å². The molecule has 0 fully saturated rings. The number of hydrogen-bond acceptors (Lipinski definition) is 4. The van der Waals surface area contributed by atoms with Crippen LogP contribution in [0.25, 0.3) is 22.8 Å². The maximum absolute atomic E-state index is 12.6. The van der Waals surface area contributed by atoms with Gasteiger partial charge in [-0.3, -0.25) is 4.72 Å². The maximum atomic E-state index is 12.6. The lowest BCUT2D eigenvalue weighted by molar-refractivity contribution is 0.588. The molecule has 0 saturated heterocycles. The first-order valence-corrected chi connectivity index (χ1v) is 10.3. The molecular weight excluding hydrogens is 396 g/mol. The van der Waals surface area contributed by atoms with E-state index in [2.05, 4.69) is 9.71 Å². The molecule has 0 aliphatic carbocycles. The number of sulfonamides is 1. The van der Waals surface area contributed by atoms with Crippen molar-refractivity contribution in [3.05, 3.63) is 90.1 Å². The fourth-order valence-electron chi connectivity index (χ4n) is 2.69. The van der Waals surface area contributed by atoms with Crippen LogP contribution in [0.5, 0.6) is 0 Å². The van der Waals surface area contributed by atoms with E-state index in [4.69, 9.17) is 16.0 Å². The second kappa shape index (κ2) is 7.50. The third-order valence-corrected chi connectivity index (χ3v) is 5.68. The number of anilines is 1. The summed E-state index contributed by atoms with van der Waals surface area (Å²) in [7, 11) is -3.73. The Morgan fingerprint density at radius 1 is 0.857 bits per heavy atom. The number of rotatable bonds is 5. The van der Waals surface area contributed by atoms with Crippen LogP contribution in [-0.4, -0.2) is 13.4 Å². The summed E-state index contributed by atoms with van der Waals surface area (Å²) in [5.41, 5.74) is 2.01. The Labute approximate surface area is 167 Å². The first-order valence-electron chi connectivity index (χ1n) is 8.41. The summed E-state index contributed by atoms with van der Waals surface area (Å²) in [4.78, 5) is 4.42. The predicted molar refractivity (Wildman–Crippen MR) is 110 cm³/mol. The van der Waals surface area contributed by atoms with Crippen molar-refractivity contribution in [3.63, 3.8) is 0 Å². The van der Waals surface area contributed by atoms with Crippen molar-refractivity contribution < 1.29 is 12.8 Å². The van der Waals surface area contributed by atoms with E-state index in [0.717, 1.165) is 5.56 Å². The lowest BCUT2D eigenvalue weighted by atomic mass is 10.2. The first-order chi connectivity index (χ1) is 13.5. The quantitative estimate of drug-likeness (QED) is 0.474. The van der Waals surface area contributed by atoms with E-state index in [1.165, 1.54) is 12.1 Å². The Bertz CT molecular complexity index is 1200. The molecule has 0 unspecified atom stereocenters. The van der Waals surface area contributed by atoms with Gasteiger partial charge in [0.05, 0.1) is 16.8 Å². The van der Waals surface area contributed by atoms with Gasteiger partial charge in [-0.2, -0.15) is 0 Å². The minimum absolute atomic E-state index is 0.131. The lowest BCUT2D eigenvalue weighted by Crippen LogP contribution is -2.12. The predicted octanol–water partition coefficient (Wildman–Crippen LogP) is 5.46. The summed E-state index contributed by atoms with van der Waals surface area (Å²) in [6.45, 7) is 0. The molecule has 1 aromatic heterocycles. The fourth-order valence-corrected chi connectivity index (χ4v) is 3.93. The van der Waals surface area contributed by atoms with Crippen molar-refractivity contribution >= 4 is 27.3 Å². The molecule has 0 atom stereocenters. The minimum Gasteiger partial charge on any atom is -0.436 e. The maximum Gasteiger partial charge on any atom is 0.261 e. The fraction of sp³-hybridized carbons (Fsp3) is 0. The molecule has 0 spiro atoms. The van der Waals surface area contributed by atoms with Gasteiger partial charge in [0.25, 0.3) is 10.0 Å². The van der Waals surface area contributed by atoms with Gasteiger partial charge in [0.1, 0.15) is 0 Å². The van der Waals surface area contributed by atoms with E-state index in [9.17, 15) is 8.42 Å². The second-order valence-electron chi connectivity index (χ2n) is 6.04. The van der Waals surface area contributed by atoms with Crippen molar-refractivity contribution in [1.29, 1.82) is 0 Å². The standard InChI is InChI=1S/C21H15ClN2O3S/c22-17-7-4-8-18(13-17)24-28(25,26)19-11-9-16(10-12-19)21-23-14-20(27-21)15-5-2-1-3-6-15/h1-14,24H. The van der Waals surface area contributed by atoms with Crippen LogP contribution in [0.4, 0.5) is 5.69 Å². The largest absolute Gasteiger partial charge is 0.436 e. The van der Waals surface area contributed by atoms with E-state index in [1.807, 2.05) is 30.3 Å². The molecule has 4 aromatic rings. The van der Waals surface area contributed by atoms with Gasteiger partial charge in [-0.1, -0.05) is 48.0 Å². The molecule has 1 heterocycles. The van der Waals surface area contributed by atoms with Crippen molar-refractivity contribution in [2.75, 3.05) is 4.72 Å². The zero-order valence-electron chi connectivity index (χ0n) is 14.5. The van der Waals surface area contributed by atoms with Gasteiger partial charge in [0, 0.05) is 16.1 Å². The summed E-state index contributed by atoms with van der Waals surface area (Å²) in [6.07, 6.45) is 1.65. The molecule has 4 rings (SSSR count). The summed E-state index contributed by atoms with van der Waals surface area (Å²) < 4.78 is 33.4. The number of halogens is 1. The zero-order valence-corrected chi connectivity index (χ0v) is 16.1. The Morgan fingerprint density at radius 3 is 2.32 bits per heavy atom. The van der Waals surface area contributed by atoms with Crippen molar-refractivity contribution in [2.45, 2.75) is 4.90 Å². The van der Waals surface area contributed by atoms with Crippen LogP contribution in [0.3, 0.4) is 0 Å². The molecule has 5 nitrogen and oxygen atoms in total. The van der Waals surface area contributed by atoms with E-state index >= 15 is 0 Å². The summed E-state index contributed by atoms with van der Waals surface area (Å²) in [5.74, 6) is 1.07. The van der Waals surface area contributed by atoms with E-state index < -0.39 is 10.0 Å². The van der Waals surface area contributed by atoms with Crippen LogP contribution in [0.15, 0.2) is 94.4 Å². The Balaban J connectivity index is 1.56. The topological polar surface area (TPSA) is 72.2 Å². The molecule has 1 N–H and O–H groups in total. The lowest BCUT2D eigenvalue weighted by Gasteiger charge is -2.08. The molecule has 0 saturated carbocycles. The highest BCUT2D eigenvalue weighted by Crippen LogP contribution is 2.27. The van der Waals surface area contributed by atoms with E-state index in [1.54, 1.807) is 42.6 Å². The highest BCUT2D eigenvalue weighted by Gasteiger charge is 2.15. The second-order valence-corrected chi connectivity index (χ2v) is 8.15. The first kappa shape index (κ1) is 18.3. The molecule has 0 aliphatic heterocycles. The summed E-state index contributed by atoms with van der Waals surface area (Å²) in [6, 6.07) is 22.5. The van der Waals surface area contributed by atoms with Crippen LogP contribution in [0.2, 0.25) is 5.02 Å². The van der Waals surface area contributed by atoms with E-state index in [-0.39, 0.29) is 4.90 Å². The molecule has 3 aromatic carbocycles. The Hall–Kier alpha value is -3.09. The summed E-state index contributed by atoms with van der Waals surface area (Å²) >= 11 is 5.90. The van der Waals surface area contributed by atoms with Crippen LogP contribution < -0.4 is 4.72 Å². The highest BCUT2D eigenvalue weighted by molar-refractivity contribution is 7.92. The van der Waals surface area contributed by atoms with Crippen LogP contribution in [0, 0.1) is 0 Å². The number of nitrogens with one attached hydrogen (secondary N) is 1. The van der Waals surface area contributed by atoms with Crippen molar-refractivity contribution in [1.82, 2.24) is 4.98 Å². The average Bonchev–Trinajstić information content (AvgIpc) is 3.19. The number of nitrogens with zero attached hydrogens (tertiary/aromatic N) is 1. The third kappa shape index (κ3) is 3.93. The highest BCUT2D eigenvalue weighted by atomic mass is 35.5. The number of benzene rings is 3. The smallest absolute Gasteiger partial charge is 0.261 e. The van der Waals surface area contributed by atoms with Crippen LogP contribution in [0.1, 0.15) is 0 Å². The molecule has 0 radical (unpaired) electrons. The third-order valence-electron chi connectivity index (χ3n) is 4.05. The van der Waals surface area contributed by atoms with Gasteiger partial charge in [-0.25, -0.2) is 13.4 Å². The van der Waals surface area contributed by atoms with Crippen molar-refractivity contribution in [2.24, 2.45) is 0 Å². The van der Waals surface area contributed by atoms with Crippen LogP contribution in [-0.2, 0) is 10.0 Å².